The highest BCUT2D eigenvalue weighted by atomic mass is 15.4. The van der Waals surface area contributed by atoms with Crippen molar-refractivity contribution in [2.24, 2.45) is 0 Å². The number of anilines is 1. The van der Waals surface area contributed by atoms with Gasteiger partial charge in [0.25, 0.3) is 0 Å². The Morgan fingerprint density at radius 1 is 1.19 bits per heavy atom. The molecule has 1 heterocycles. The van der Waals surface area contributed by atoms with E-state index in [9.17, 15) is 0 Å². The van der Waals surface area contributed by atoms with Crippen LogP contribution in [-0.4, -0.2) is 44.3 Å². The molecule has 3 nitrogen and oxygen atoms in total. The van der Waals surface area contributed by atoms with Gasteiger partial charge in [-0.1, -0.05) is 12.1 Å². The summed E-state index contributed by atoms with van der Waals surface area (Å²) in [4.78, 5) is 0. The van der Waals surface area contributed by atoms with Crippen LogP contribution in [0.2, 0.25) is 0 Å². The largest absolute Gasteiger partial charge is 0.399 e. The summed E-state index contributed by atoms with van der Waals surface area (Å²) >= 11 is 0. The van der Waals surface area contributed by atoms with Gasteiger partial charge in [-0.15, -0.1) is 0 Å². The summed E-state index contributed by atoms with van der Waals surface area (Å²) in [6, 6.07) is 8.27. The molecule has 1 saturated heterocycles. The van der Waals surface area contributed by atoms with Gasteiger partial charge in [-0.2, -0.15) is 0 Å². The highest BCUT2D eigenvalue weighted by molar-refractivity contribution is 5.39. The maximum atomic E-state index is 5.68. The fraction of sp³-hybridized carbons (Fsp3) is 0.538. The SMILES string of the molecule is C[N+]1(CCc2ccc(N)cc2)CCNCC1. The van der Waals surface area contributed by atoms with Crippen molar-refractivity contribution in [2.45, 2.75) is 6.42 Å². The number of nitrogens with one attached hydrogen (secondary N) is 1. The molecule has 1 fully saturated rings. The summed E-state index contributed by atoms with van der Waals surface area (Å²) in [5.74, 6) is 0. The first-order valence-corrected chi connectivity index (χ1v) is 6.07. The Morgan fingerprint density at radius 2 is 1.81 bits per heavy atom. The van der Waals surface area contributed by atoms with Gasteiger partial charge in [0, 0.05) is 25.2 Å². The Hall–Kier alpha value is -1.06. The molecule has 2 rings (SSSR count). The standard InChI is InChI=1S/C13H22N3/c1-16(10-7-15-8-11-16)9-6-12-2-4-13(14)5-3-12/h2-5,15H,6-11,14H2,1H3/q+1. The Morgan fingerprint density at radius 3 is 2.44 bits per heavy atom. The van der Waals surface area contributed by atoms with Gasteiger partial charge < -0.3 is 15.5 Å². The second-order valence-electron chi connectivity index (χ2n) is 5.03. The number of piperazine rings is 1. The fourth-order valence-electron chi connectivity index (χ4n) is 2.24. The van der Waals surface area contributed by atoms with Gasteiger partial charge in [0.15, 0.2) is 0 Å². The second-order valence-corrected chi connectivity index (χ2v) is 5.03. The van der Waals surface area contributed by atoms with E-state index in [0.29, 0.717) is 0 Å². The molecule has 1 aliphatic rings. The van der Waals surface area contributed by atoms with Gasteiger partial charge in [0.05, 0.1) is 26.7 Å². The number of quaternary nitrogens is 1. The highest BCUT2D eigenvalue weighted by Crippen LogP contribution is 2.10. The molecule has 1 aromatic carbocycles. The maximum absolute atomic E-state index is 5.68. The molecule has 88 valence electrons. The highest BCUT2D eigenvalue weighted by Gasteiger charge is 2.23. The lowest BCUT2D eigenvalue weighted by Gasteiger charge is -2.38. The van der Waals surface area contributed by atoms with Crippen LogP contribution >= 0.6 is 0 Å². The van der Waals surface area contributed by atoms with E-state index in [2.05, 4.69) is 24.5 Å². The average Bonchev–Trinajstić information content (AvgIpc) is 2.29. The minimum atomic E-state index is 0.853. The smallest absolute Gasteiger partial charge is 0.0911 e. The maximum Gasteiger partial charge on any atom is 0.0911 e. The quantitative estimate of drug-likeness (QED) is 0.586. The second kappa shape index (κ2) is 4.85. The number of rotatable bonds is 3. The van der Waals surface area contributed by atoms with Crippen molar-refractivity contribution in [3.05, 3.63) is 29.8 Å². The van der Waals surface area contributed by atoms with Gasteiger partial charge in [-0.25, -0.2) is 0 Å². The Kier molecular flexibility index (Phi) is 3.46. The van der Waals surface area contributed by atoms with E-state index in [0.717, 1.165) is 25.2 Å². The summed E-state index contributed by atoms with van der Waals surface area (Å²) in [7, 11) is 2.36. The Balaban J connectivity index is 1.88. The summed E-state index contributed by atoms with van der Waals surface area (Å²) < 4.78 is 1.19. The number of benzene rings is 1. The van der Waals surface area contributed by atoms with Crippen LogP contribution in [0.25, 0.3) is 0 Å². The monoisotopic (exact) mass is 220 g/mol. The molecule has 16 heavy (non-hydrogen) atoms. The van der Waals surface area contributed by atoms with E-state index < -0.39 is 0 Å². The fourth-order valence-corrected chi connectivity index (χ4v) is 2.24. The van der Waals surface area contributed by atoms with Gasteiger partial charge in [0.1, 0.15) is 0 Å². The van der Waals surface area contributed by atoms with Crippen molar-refractivity contribution in [1.29, 1.82) is 0 Å². The van der Waals surface area contributed by atoms with E-state index >= 15 is 0 Å². The lowest BCUT2D eigenvalue weighted by Crippen LogP contribution is -2.56. The first-order valence-electron chi connectivity index (χ1n) is 6.07. The third-order valence-corrected chi connectivity index (χ3v) is 3.58. The summed E-state index contributed by atoms with van der Waals surface area (Å²) in [5.41, 5.74) is 7.93. The molecule has 0 unspecified atom stereocenters. The first kappa shape index (κ1) is 11.4. The minimum Gasteiger partial charge on any atom is -0.399 e. The third-order valence-electron chi connectivity index (χ3n) is 3.58. The van der Waals surface area contributed by atoms with Crippen LogP contribution in [0.4, 0.5) is 5.69 Å². The van der Waals surface area contributed by atoms with Gasteiger partial charge in [0.2, 0.25) is 0 Å². The third kappa shape index (κ3) is 2.97. The number of likely N-dealkylation sites (N-methyl/N-ethyl adjacent to an activating group) is 1. The van der Waals surface area contributed by atoms with Crippen molar-refractivity contribution < 1.29 is 4.48 Å². The normalized spacial score (nSPS) is 19.6. The van der Waals surface area contributed by atoms with Gasteiger partial charge in [-0.3, -0.25) is 0 Å². The predicted octanol–water partition coefficient (Wildman–Crippen LogP) is 0.861. The summed E-state index contributed by atoms with van der Waals surface area (Å²) in [6.07, 6.45) is 1.15. The zero-order valence-electron chi connectivity index (χ0n) is 10.1. The molecule has 3 heteroatoms. The van der Waals surface area contributed by atoms with E-state index in [1.54, 1.807) is 0 Å². The molecule has 0 spiro atoms. The zero-order chi connectivity index (χ0) is 11.4. The molecule has 0 bridgehead atoms. The zero-order valence-corrected chi connectivity index (χ0v) is 10.1. The number of nitrogens with zero attached hydrogens (tertiary/aromatic N) is 1. The van der Waals surface area contributed by atoms with Crippen molar-refractivity contribution in [3.8, 4) is 0 Å². The Labute approximate surface area is 97.8 Å². The van der Waals surface area contributed by atoms with Crippen LogP contribution < -0.4 is 11.1 Å². The van der Waals surface area contributed by atoms with Gasteiger partial charge >= 0.3 is 0 Å². The molecule has 0 saturated carbocycles. The number of nitrogens with two attached hydrogens (primary N) is 1. The molecule has 0 radical (unpaired) electrons. The topological polar surface area (TPSA) is 38.0 Å². The van der Waals surface area contributed by atoms with Crippen LogP contribution in [0, 0.1) is 0 Å². The summed E-state index contributed by atoms with van der Waals surface area (Å²) in [6.45, 7) is 6.02. The van der Waals surface area contributed by atoms with Crippen LogP contribution in [0.5, 0.6) is 0 Å². The molecule has 0 atom stereocenters. The molecule has 0 aliphatic carbocycles. The molecule has 1 aromatic rings. The van der Waals surface area contributed by atoms with E-state index in [1.807, 2.05) is 12.1 Å². The predicted molar refractivity (Wildman–Crippen MR) is 68.2 cm³/mol. The van der Waals surface area contributed by atoms with Crippen LogP contribution in [0.15, 0.2) is 24.3 Å². The molecule has 1 aliphatic heterocycles. The first-order chi connectivity index (χ1) is 7.68. The number of hydrogen-bond acceptors (Lipinski definition) is 2. The van der Waals surface area contributed by atoms with Crippen molar-refractivity contribution >= 4 is 5.69 Å². The molecule has 0 aromatic heterocycles. The molecule has 3 N–H and O–H groups in total. The molecule has 0 amide bonds. The lowest BCUT2D eigenvalue weighted by molar-refractivity contribution is -0.910. The van der Waals surface area contributed by atoms with E-state index in [-0.39, 0.29) is 0 Å². The van der Waals surface area contributed by atoms with Crippen molar-refractivity contribution in [3.63, 3.8) is 0 Å². The van der Waals surface area contributed by atoms with Gasteiger partial charge in [-0.05, 0) is 17.7 Å². The van der Waals surface area contributed by atoms with E-state index in [4.69, 9.17) is 5.73 Å². The number of nitrogen functional groups attached to an aromatic ring is 1. The van der Waals surface area contributed by atoms with Crippen LogP contribution in [0.3, 0.4) is 0 Å². The van der Waals surface area contributed by atoms with Crippen molar-refractivity contribution in [2.75, 3.05) is 45.5 Å². The lowest BCUT2D eigenvalue weighted by atomic mass is 10.1. The average molecular weight is 220 g/mol. The number of hydrogen-bond donors (Lipinski definition) is 2. The van der Waals surface area contributed by atoms with Crippen molar-refractivity contribution in [1.82, 2.24) is 5.32 Å². The molecular formula is C13H22N3+. The van der Waals surface area contributed by atoms with Crippen LogP contribution in [0.1, 0.15) is 5.56 Å². The van der Waals surface area contributed by atoms with E-state index in [1.165, 1.54) is 29.7 Å². The Bertz CT molecular complexity index is 326. The van der Waals surface area contributed by atoms with Crippen LogP contribution in [-0.2, 0) is 6.42 Å². The summed E-state index contributed by atoms with van der Waals surface area (Å²) in [5, 5.41) is 3.41. The molecular weight excluding hydrogens is 198 g/mol. The minimum absolute atomic E-state index is 0.853.